The van der Waals surface area contributed by atoms with Gasteiger partial charge in [-0.2, -0.15) is 0 Å². The van der Waals surface area contributed by atoms with Crippen LogP contribution in [-0.2, 0) is 0 Å². The van der Waals surface area contributed by atoms with E-state index in [1.165, 1.54) is 77.8 Å². The highest BCUT2D eigenvalue weighted by Gasteiger charge is 2.45. The van der Waals surface area contributed by atoms with Gasteiger partial charge in [0.1, 0.15) is 0 Å². The van der Waals surface area contributed by atoms with Gasteiger partial charge >= 0.3 is 0 Å². The molecule has 3 heterocycles. The standard InChI is InChI=1S/C20H41N4P/c1-19(2,3)18-20(4,5)21-25(22-12-6-7-13-22,23-14-8-9-15-23)24-16-10-11-17-24/h6-18H2,1-5H3. The van der Waals surface area contributed by atoms with E-state index >= 15 is 0 Å². The topological polar surface area (TPSA) is 22.1 Å². The van der Waals surface area contributed by atoms with Crippen LogP contribution in [0.15, 0.2) is 4.74 Å². The molecule has 0 unspecified atom stereocenters. The molecule has 0 amide bonds. The normalized spacial score (nSPS) is 25.2. The second-order valence-electron chi connectivity index (χ2n) is 10.2. The Labute approximate surface area is 156 Å². The molecule has 0 aromatic heterocycles. The van der Waals surface area contributed by atoms with Crippen LogP contribution in [0.5, 0.6) is 0 Å². The molecule has 0 saturated carbocycles. The highest BCUT2D eigenvalue weighted by molar-refractivity contribution is 7.59. The molecule has 3 aliphatic heterocycles. The Morgan fingerprint density at radius 2 is 0.960 bits per heavy atom. The molecular formula is C20H41N4P. The van der Waals surface area contributed by atoms with E-state index in [4.69, 9.17) is 4.74 Å². The van der Waals surface area contributed by atoms with Crippen LogP contribution in [0.2, 0.25) is 0 Å². The van der Waals surface area contributed by atoms with E-state index < -0.39 is 7.51 Å². The molecule has 0 aliphatic carbocycles. The van der Waals surface area contributed by atoms with Crippen molar-refractivity contribution >= 4 is 7.51 Å². The number of hydrogen-bond acceptors (Lipinski definition) is 1. The van der Waals surface area contributed by atoms with Gasteiger partial charge in [0, 0.05) is 39.3 Å². The highest BCUT2D eigenvalue weighted by atomic mass is 31.2. The summed E-state index contributed by atoms with van der Waals surface area (Å²) in [4.78, 5) is 0. The van der Waals surface area contributed by atoms with Gasteiger partial charge in [-0.1, -0.05) is 20.8 Å². The quantitative estimate of drug-likeness (QED) is 0.604. The lowest BCUT2D eigenvalue weighted by molar-refractivity contribution is 0.282. The van der Waals surface area contributed by atoms with Gasteiger partial charge in [0.15, 0.2) is 7.51 Å². The fourth-order valence-corrected chi connectivity index (χ4v) is 10.0. The molecule has 3 aliphatic rings. The van der Waals surface area contributed by atoms with Gasteiger partial charge in [-0.15, -0.1) is 0 Å². The maximum absolute atomic E-state index is 5.86. The van der Waals surface area contributed by atoms with E-state index in [1.54, 1.807) is 0 Å². The van der Waals surface area contributed by atoms with E-state index in [2.05, 4.69) is 48.6 Å². The zero-order chi connectivity index (χ0) is 18.1. The first kappa shape index (κ1) is 19.9. The summed E-state index contributed by atoms with van der Waals surface area (Å²) in [5.41, 5.74) is 0.365. The van der Waals surface area contributed by atoms with Crippen LogP contribution < -0.4 is 0 Å². The summed E-state index contributed by atoms with van der Waals surface area (Å²) < 4.78 is 14.4. The highest BCUT2D eigenvalue weighted by Crippen LogP contribution is 2.64. The molecule has 146 valence electrons. The van der Waals surface area contributed by atoms with Gasteiger partial charge in [-0.3, -0.25) is 4.74 Å². The van der Waals surface area contributed by atoms with E-state index in [0.29, 0.717) is 5.41 Å². The van der Waals surface area contributed by atoms with Gasteiger partial charge in [-0.05, 0) is 64.2 Å². The third-order valence-electron chi connectivity index (χ3n) is 5.75. The molecule has 0 spiro atoms. The molecule has 0 aromatic rings. The van der Waals surface area contributed by atoms with E-state index in [0.717, 1.165) is 6.42 Å². The lowest BCUT2D eigenvalue weighted by Gasteiger charge is -2.48. The first-order valence-corrected chi connectivity index (χ1v) is 12.2. The Balaban J connectivity index is 2.06. The van der Waals surface area contributed by atoms with Crippen LogP contribution in [0.25, 0.3) is 0 Å². The average Bonchev–Trinajstić information content (AvgIpc) is 3.23. The first-order chi connectivity index (χ1) is 11.7. The molecule has 0 atom stereocenters. The summed E-state index contributed by atoms with van der Waals surface area (Å²) in [5.74, 6) is 0. The molecule has 0 aromatic carbocycles. The minimum absolute atomic E-state index is 0.0415. The van der Waals surface area contributed by atoms with Crippen molar-refractivity contribution in [1.29, 1.82) is 0 Å². The molecule has 25 heavy (non-hydrogen) atoms. The molecule has 0 N–H and O–H groups in total. The van der Waals surface area contributed by atoms with Crippen LogP contribution >= 0.6 is 7.51 Å². The third-order valence-corrected chi connectivity index (χ3v) is 10.0. The number of nitrogens with zero attached hydrogens (tertiary/aromatic N) is 4. The van der Waals surface area contributed by atoms with E-state index in [9.17, 15) is 0 Å². The Kier molecular flexibility index (Phi) is 6.05. The van der Waals surface area contributed by atoms with Crippen molar-refractivity contribution < 1.29 is 0 Å². The maximum atomic E-state index is 5.86. The summed E-state index contributed by atoms with van der Waals surface area (Å²) >= 11 is 0. The molecule has 3 fully saturated rings. The van der Waals surface area contributed by atoms with Crippen molar-refractivity contribution in [2.75, 3.05) is 39.3 Å². The van der Waals surface area contributed by atoms with E-state index in [1.807, 2.05) is 0 Å². The molecule has 5 heteroatoms. The molecule has 4 nitrogen and oxygen atoms in total. The van der Waals surface area contributed by atoms with Crippen molar-refractivity contribution in [3.63, 3.8) is 0 Å². The van der Waals surface area contributed by atoms with Crippen molar-refractivity contribution in [1.82, 2.24) is 14.0 Å². The van der Waals surface area contributed by atoms with Crippen molar-refractivity contribution in [3.8, 4) is 0 Å². The largest absolute Gasteiger partial charge is 0.254 e. The third kappa shape index (κ3) is 4.51. The van der Waals surface area contributed by atoms with Crippen LogP contribution in [0.4, 0.5) is 0 Å². The molecular weight excluding hydrogens is 327 g/mol. The second-order valence-corrected chi connectivity index (χ2v) is 13.1. The van der Waals surface area contributed by atoms with Gasteiger partial charge in [0.2, 0.25) is 0 Å². The minimum Gasteiger partial charge on any atom is -0.254 e. The van der Waals surface area contributed by atoms with Gasteiger partial charge in [-0.25, -0.2) is 14.0 Å². The summed E-state index contributed by atoms with van der Waals surface area (Å²) in [6.07, 6.45) is 9.32. The zero-order valence-corrected chi connectivity index (χ0v) is 18.3. The Hall–Kier alpha value is 0.110. The SMILES string of the molecule is CC(C)(C)CC(C)(C)N=P(N1CCCC1)(N1CCCC1)N1CCCC1. The average molecular weight is 369 g/mol. The van der Waals surface area contributed by atoms with Gasteiger partial charge in [0.05, 0.1) is 5.54 Å². The lowest BCUT2D eigenvalue weighted by Crippen LogP contribution is -2.40. The predicted octanol–water partition coefficient (Wildman–Crippen LogP) is 5.43. The smallest absolute Gasteiger partial charge is 0.168 e. The van der Waals surface area contributed by atoms with E-state index in [-0.39, 0.29) is 5.54 Å². The molecule has 0 bridgehead atoms. The van der Waals surface area contributed by atoms with Crippen molar-refractivity contribution in [3.05, 3.63) is 0 Å². The van der Waals surface area contributed by atoms with Crippen molar-refractivity contribution in [2.24, 2.45) is 10.2 Å². The summed E-state index contributed by atoms with van der Waals surface area (Å²) in [7, 11) is -1.72. The van der Waals surface area contributed by atoms with Gasteiger partial charge in [0.25, 0.3) is 0 Å². The Morgan fingerprint density at radius 1 is 0.640 bits per heavy atom. The first-order valence-electron chi connectivity index (χ1n) is 10.6. The van der Waals surface area contributed by atoms with Crippen LogP contribution in [0, 0.1) is 5.41 Å². The monoisotopic (exact) mass is 368 g/mol. The lowest BCUT2D eigenvalue weighted by atomic mass is 9.82. The van der Waals surface area contributed by atoms with Crippen LogP contribution in [0.1, 0.15) is 79.6 Å². The van der Waals surface area contributed by atoms with Gasteiger partial charge < -0.3 is 0 Å². The number of rotatable bonds is 5. The minimum atomic E-state index is -1.72. The van der Waals surface area contributed by atoms with Crippen LogP contribution in [-0.4, -0.2) is 58.8 Å². The zero-order valence-electron chi connectivity index (χ0n) is 17.4. The Bertz CT molecular complexity index is 443. The fraction of sp³-hybridized carbons (Fsp3) is 1.00. The van der Waals surface area contributed by atoms with Crippen molar-refractivity contribution in [2.45, 2.75) is 85.1 Å². The molecule has 0 radical (unpaired) electrons. The van der Waals surface area contributed by atoms with Crippen LogP contribution in [0.3, 0.4) is 0 Å². The summed E-state index contributed by atoms with van der Waals surface area (Å²) in [6, 6.07) is 0. The summed E-state index contributed by atoms with van der Waals surface area (Å²) in [6.45, 7) is 19.5. The molecule has 3 saturated heterocycles. The predicted molar refractivity (Wildman–Crippen MR) is 110 cm³/mol. The molecule has 3 rings (SSSR count). The Morgan fingerprint density at radius 3 is 1.24 bits per heavy atom. The maximum Gasteiger partial charge on any atom is 0.168 e. The summed E-state index contributed by atoms with van der Waals surface area (Å²) in [5, 5.41) is 0. The fourth-order valence-electron chi connectivity index (χ4n) is 5.33. The number of hydrogen-bond donors (Lipinski definition) is 0. The second kappa shape index (κ2) is 7.62.